The number of carbonyl (C=O) groups excluding carboxylic acids is 2. The Hall–Kier alpha value is -2.30. The zero-order chi connectivity index (χ0) is 17.0. The zero-order valence-corrected chi connectivity index (χ0v) is 14.0. The van der Waals surface area contributed by atoms with E-state index in [0.717, 1.165) is 11.1 Å². The first-order chi connectivity index (χ1) is 10.9. The summed E-state index contributed by atoms with van der Waals surface area (Å²) in [5.41, 5.74) is 1.94. The number of methoxy groups -OCH3 is 1. The molecule has 0 N–H and O–H groups in total. The third-order valence-electron chi connectivity index (χ3n) is 4.00. The lowest BCUT2D eigenvalue weighted by Gasteiger charge is -2.30. The molecule has 0 bridgehead atoms. The number of ether oxygens (including phenoxy) is 2. The summed E-state index contributed by atoms with van der Waals surface area (Å²) in [6.07, 6.45) is 8.93. The van der Waals surface area contributed by atoms with Crippen molar-refractivity contribution in [2.45, 2.75) is 27.2 Å². The van der Waals surface area contributed by atoms with Crippen molar-refractivity contribution < 1.29 is 19.1 Å². The maximum absolute atomic E-state index is 12.3. The highest BCUT2D eigenvalue weighted by molar-refractivity contribution is 5.96. The fourth-order valence-electron chi connectivity index (χ4n) is 2.80. The van der Waals surface area contributed by atoms with Crippen molar-refractivity contribution >= 4 is 11.8 Å². The van der Waals surface area contributed by atoms with Gasteiger partial charge in [0, 0.05) is 24.5 Å². The molecule has 124 valence electrons. The van der Waals surface area contributed by atoms with Crippen molar-refractivity contribution in [1.82, 2.24) is 4.90 Å². The van der Waals surface area contributed by atoms with Crippen molar-refractivity contribution in [1.29, 1.82) is 0 Å². The molecule has 5 heteroatoms. The summed E-state index contributed by atoms with van der Waals surface area (Å²) in [6, 6.07) is 0. The molecule has 0 radical (unpaired) electrons. The molecule has 0 spiro atoms. The van der Waals surface area contributed by atoms with Crippen molar-refractivity contribution in [3.8, 4) is 0 Å². The van der Waals surface area contributed by atoms with Gasteiger partial charge in [0.05, 0.1) is 19.4 Å². The summed E-state index contributed by atoms with van der Waals surface area (Å²) < 4.78 is 10.3. The third-order valence-corrected chi connectivity index (χ3v) is 4.00. The van der Waals surface area contributed by atoms with Crippen LogP contribution in [0.15, 0.2) is 47.7 Å². The van der Waals surface area contributed by atoms with Gasteiger partial charge in [-0.2, -0.15) is 0 Å². The highest BCUT2D eigenvalue weighted by Crippen LogP contribution is 2.35. The van der Waals surface area contributed by atoms with Crippen LogP contribution in [-0.2, 0) is 19.1 Å². The molecule has 0 aromatic heterocycles. The highest BCUT2D eigenvalue weighted by atomic mass is 16.5. The maximum Gasteiger partial charge on any atom is 0.307 e. The Labute approximate surface area is 136 Å². The minimum absolute atomic E-state index is 0.0979. The fraction of sp³-hybridized carbons (Fsp3) is 0.444. The quantitative estimate of drug-likeness (QED) is 0.730. The average molecular weight is 317 g/mol. The number of carbonyl (C=O) groups is 2. The molecule has 5 nitrogen and oxygen atoms in total. The Morgan fingerprint density at radius 3 is 2.78 bits per heavy atom. The molecule has 1 unspecified atom stereocenters. The van der Waals surface area contributed by atoms with Gasteiger partial charge in [-0.05, 0) is 24.5 Å². The predicted octanol–water partition coefficient (Wildman–Crippen LogP) is 2.92. The molecular formula is C18H23NO4. The Bertz CT molecular complexity index is 611. The first-order valence-corrected chi connectivity index (χ1v) is 7.74. The van der Waals surface area contributed by atoms with Crippen LogP contribution < -0.4 is 0 Å². The van der Waals surface area contributed by atoms with E-state index in [-0.39, 0.29) is 30.0 Å². The minimum atomic E-state index is -0.258. The summed E-state index contributed by atoms with van der Waals surface area (Å²) in [5.74, 6) is 0.467. The summed E-state index contributed by atoms with van der Waals surface area (Å²) in [4.78, 5) is 25.4. The standard InChI is InChI=1S/C18H23NO4/c1-12(2)17-14(20)6-5-13(3)18(17)15-11-19(9-10-23-15)8-7-16(21)22-4/h5-6,9-12,17H,7-8H2,1-4H3. The molecule has 1 heterocycles. The molecule has 0 aromatic carbocycles. The van der Waals surface area contributed by atoms with E-state index in [1.54, 1.807) is 18.5 Å². The molecule has 0 saturated carbocycles. The first kappa shape index (κ1) is 17.1. The average Bonchev–Trinajstić information content (AvgIpc) is 2.54. The lowest BCUT2D eigenvalue weighted by atomic mass is 9.78. The SMILES string of the molecule is COC(=O)CCN1C=COC(C2=C(C)C=CC(=O)C2C(C)C)=C1. The molecule has 0 amide bonds. The van der Waals surface area contributed by atoms with Gasteiger partial charge in [-0.3, -0.25) is 9.59 Å². The second kappa shape index (κ2) is 7.31. The number of hydrogen-bond acceptors (Lipinski definition) is 5. The molecule has 23 heavy (non-hydrogen) atoms. The molecule has 2 rings (SSSR count). The summed E-state index contributed by atoms with van der Waals surface area (Å²) in [5, 5.41) is 0. The van der Waals surface area contributed by atoms with E-state index in [9.17, 15) is 9.59 Å². The first-order valence-electron chi connectivity index (χ1n) is 7.74. The highest BCUT2D eigenvalue weighted by Gasteiger charge is 2.32. The second-order valence-corrected chi connectivity index (χ2v) is 6.01. The molecule has 2 aliphatic rings. The topological polar surface area (TPSA) is 55.8 Å². The van der Waals surface area contributed by atoms with Gasteiger partial charge in [-0.1, -0.05) is 19.9 Å². The number of esters is 1. The summed E-state index contributed by atoms with van der Waals surface area (Å²) in [6.45, 7) is 6.54. The van der Waals surface area contributed by atoms with Gasteiger partial charge >= 0.3 is 5.97 Å². The van der Waals surface area contributed by atoms with Crippen LogP contribution in [0.2, 0.25) is 0 Å². The van der Waals surface area contributed by atoms with Crippen LogP contribution in [0.4, 0.5) is 0 Å². The van der Waals surface area contributed by atoms with Crippen LogP contribution in [0.3, 0.4) is 0 Å². The molecule has 1 aliphatic heterocycles. The molecule has 0 saturated heterocycles. The van der Waals surface area contributed by atoms with Crippen LogP contribution in [0, 0.1) is 11.8 Å². The number of ketones is 1. The Morgan fingerprint density at radius 1 is 1.39 bits per heavy atom. The van der Waals surface area contributed by atoms with Crippen LogP contribution in [0.25, 0.3) is 0 Å². The normalized spacial score (nSPS) is 20.7. The lowest BCUT2D eigenvalue weighted by molar-refractivity contribution is -0.140. The predicted molar refractivity (Wildman–Crippen MR) is 86.8 cm³/mol. The summed E-state index contributed by atoms with van der Waals surface area (Å²) >= 11 is 0. The van der Waals surface area contributed by atoms with Crippen molar-refractivity contribution in [3.63, 3.8) is 0 Å². The van der Waals surface area contributed by atoms with E-state index < -0.39 is 0 Å². The number of allylic oxidation sites excluding steroid dienone is 4. The fourth-order valence-corrected chi connectivity index (χ4v) is 2.80. The zero-order valence-electron chi connectivity index (χ0n) is 14.0. The smallest absolute Gasteiger partial charge is 0.307 e. The molecule has 1 aliphatic carbocycles. The molecular weight excluding hydrogens is 294 g/mol. The van der Waals surface area contributed by atoms with E-state index >= 15 is 0 Å². The monoisotopic (exact) mass is 317 g/mol. The van der Waals surface area contributed by atoms with Crippen LogP contribution in [0.5, 0.6) is 0 Å². The second-order valence-electron chi connectivity index (χ2n) is 6.01. The van der Waals surface area contributed by atoms with Gasteiger partial charge in [0.25, 0.3) is 0 Å². The Kier molecular flexibility index (Phi) is 5.42. The van der Waals surface area contributed by atoms with Gasteiger partial charge in [-0.15, -0.1) is 0 Å². The van der Waals surface area contributed by atoms with Gasteiger partial charge in [0.2, 0.25) is 0 Å². The summed E-state index contributed by atoms with van der Waals surface area (Å²) in [7, 11) is 1.38. The van der Waals surface area contributed by atoms with Gasteiger partial charge in [0.1, 0.15) is 12.0 Å². The van der Waals surface area contributed by atoms with Crippen molar-refractivity contribution in [2.24, 2.45) is 11.8 Å². The van der Waals surface area contributed by atoms with E-state index in [2.05, 4.69) is 4.74 Å². The number of nitrogens with zero attached hydrogens (tertiary/aromatic N) is 1. The van der Waals surface area contributed by atoms with E-state index in [1.807, 2.05) is 37.9 Å². The van der Waals surface area contributed by atoms with Gasteiger partial charge in [0.15, 0.2) is 5.78 Å². The van der Waals surface area contributed by atoms with Crippen LogP contribution in [-0.4, -0.2) is 30.3 Å². The van der Waals surface area contributed by atoms with Crippen molar-refractivity contribution in [3.05, 3.63) is 47.7 Å². The number of rotatable bonds is 5. The molecule has 0 fully saturated rings. The maximum atomic E-state index is 12.3. The van der Waals surface area contributed by atoms with Gasteiger partial charge in [-0.25, -0.2) is 0 Å². The van der Waals surface area contributed by atoms with E-state index in [0.29, 0.717) is 12.3 Å². The van der Waals surface area contributed by atoms with Crippen LogP contribution >= 0.6 is 0 Å². The Morgan fingerprint density at radius 2 is 2.13 bits per heavy atom. The lowest BCUT2D eigenvalue weighted by Crippen LogP contribution is -2.27. The molecule has 1 atom stereocenters. The van der Waals surface area contributed by atoms with Gasteiger partial charge < -0.3 is 14.4 Å². The third kappa shape index (κ3) is 3.92. The minimum Gasteiger partial charge on any atom is -0.469 e. The Balaban J connectivity index is 2.24. The molecule has 0 aromatic rings. The van der Waals surface area contributed by atoms with Crippen LogP contribution in [0.1, 0.15) is 27.2 Å². The largest absolute Gasteiger partial charge is 0.469 e. The van der Waals surface area contributed by atoms with E-state index in [1.165, 1.54) is 7.11 Å². The van der Waals surface area contributed by atoms with Crippen molar-refractivity contribution in [2.75, 3.05) is 13.7 Å². The van der Waals surface area contributed by atoms with E-state index in [4.69, 9.17) is 4.74 Å². The number of hydrogen-bond donors (Lipinski definition) is 0.